The molecular weight excluding hydrogens is 164 g/mol. The Hall–Kier alpha value is -0.220. The third-order valence-corrected chi connectivity index (χ3v) is 2.31. The molecule has 0 aliphatic carbocycles. The normalized spacial score (nSPS) is 13.0. The molecule has 1 aromatic rings. The summed E-state index contributed by atoms with van der Waals surface area (Å²) in [6, 6.07) is 0. The number of hydrogen-bond acceptors (Lipinski definition) is 4. The number of thiol groups is 1. The molecule has 0 bridgehead atoms. The molecule has 1 N–H and O–H groups in total. The van der Waals surface area contributed by atoms with Crippen molar-refractivity contribution in [2.45, 2.75) is 18.7 Å². The molecule has 0 saturated carbocycles. The molecule has 0 amide bonds. The number of nitrogens with one attached hydrogen (secondary N) is 1. The molecular formula is C6H10N2S2. The van der Waals surface area contributed by atoms with Gasteiger partial charge in [0.05, 0.1) is 5.37 Å². The third kappa shape index (κ3) is 2.19. The fourth-order valence-corrected chi connectivity index (χ4v) is 1.33. The van der Waals surface area contributed by atoms with Crippen LogP contribution < -0.4 is 5.32 Å². The van der Waals surface area contributed by atoms with E-state index in [0.29, 0.717) is 0 Å². The highest BCUT2D eigenvalue weighted by Gasteiger charge is 1.99. The van der Waals surface area contributed by atoms with Crippen molar-refractivity contribution in [3.8, 4) is 0 Å². The summed E-state index contributed by atoms with van der Waals surface area (Å²) in [4.78, 5) is 4.06. The van der Waals surface area contributed by atoms with Gasteiger partial charge >= 0.3 is 0 Å². The van der Waals surface area contributed by atoms with Crippen LogP contribution in [0.1, 0.15) is 13.3 Å². The second kappa shape index (κ2) is 3.83. The highest BCUT2D eigenvalue weighted by molar-refractivity contribution is 7.81. The predicted octanol–water partition coefficient (Wildman–Crippen LogP) is 2.22. The molecule has 0 fully saturated rings. The predicted molar refractivity (Wildman–Crippen MR) is 48.8 cm³/mol. The van der Waals surface area contributed by atoms with Gasteiger partial charge in [-0.25, -0.2) is 4.98 Å². The van der Waals surface area contributed by atoms with Crippen molar-refractivity contribution < 1.29 is 0 Å². The average molecular weight is 174 g/mol. The second-order valence-corrected chi connectivity index (χ2v) is 3.42. The number of rotatable bonds is 3. The molecule has 0 spiro atoms. The van der Waals surface area contributed by atoms with E-state index in [1.54, 1.807) is 17.5 Å². The van der Waals surface area contributed by atoms with Gasteiger partial charge in [0.25, 0.3) is 0 Å². The van der Waals surface area contributed by atoms with Crippen LogP contribution in [0.15, 0.2) is 11.6 Å². The highest BCUT2D eigenvalue weighted by atomic mass is 32.1. The van der Waals surface area contributed by atoms with Crippen LogP contribution in [-0.4, -0.2) is 10.4 Å². The summed E-state index contributed by atoms with van der Waals surface area (Å²) in [5.41, 5.74) is 0. The Bertz CT molecular complexity index is 174. The minimum absolute atomic E-state index is 0.228. The fraction of sp³-hybridized carbons (Fsp3) is 0.500. The molecule has 56 valence electrons. The highest BCUT2D eigenvalue weighted by Crippen LogP contribution is 2.13. The number of thiazole rings is 1. The molecule has 10 heavy (non-hydrogen) atoms. The van der Waals surface area contributed by atoms with Gasteiger partial charge in [0, 0.05) is 11.6 Å². The minimum Gasteiger partial charge on any atom is -0.350 e. The Morgan fingerprint density at radius 1 is 1.90 bits per heavy atom. The average Bonchev–Trinajstić information content (AvgIpc) is 2.40. The van der Waals surface area contributed by atoms with Gasteiger partial charge in [-0.05, 0) is 6.42 Å². The molecule has 1 heterocycles. The van der Waals surface area contributed by atoms with E-state index < -0.39 is 0 Å². The van der Waals surface area contributed by atoms with Crippen LogP contribution in [0.3, 0.4) is 0 Å². The molecule has 1 unspecified atom stereocenters. The molecule has 4 heteroatoms. The van der Waals surface area contributed by atoms with Crippen molar-refractivity contribution in [3.05, 3.63) is 11.6 Å². The van der Waals surface area contributed by atoms with Crippen LogP contribution >= 0.6 is 24.0 Å². The lowest BCUT2D eigenvalue weighted by atomic mass is 10.5. The summed E-state index contributed by atoms with van der Waals surface area (Å²) < 4.78 is 0. The third-order valence-electron chi connectivity index (χ3n) is 1.11. The van der Waals surface area contributed by atoms with E-state index >= 15 is 0 Å². The Balaban J connectivity index is 2.40. The van der Waals surface area contributed by atoms with Crippen LogP contribution in [0.25, 0.3) is 0 Å². The monoisotopic (exact) mass is 174 g/mol. The molecule has 2 nitrogen and oxygen atoms in total. The van der Waals surface area contributed by atoms with Crippen LogP contribution in [-0.2, 0) is 0 Å². The number of hydrogen-bond donors (Lipinski definition) is 2. The lowest BCUT2D eigenvalue weighted by Gasteiger charge is -2.07. The quantitative estimate of drug-likeness (QED) is 0.542. The lowest BCUT2D eigenvalue weighted by molar-refractivity contribution is 0.923. The van der Waals surface area contributed by atoms with E-state index in [9.17, 15) is 0 Å². The van der Waals surface area contributed by atoms with Gasteiger partial charge in [-0.2, -0.15) is 12.6 Å². The van der Waals surface area contributed by atoms with Crippen LogP contribution in [0, 0.1) is 0 Å². The Morgan fingerprint density at radius 2 is 2.70 bits per heavy atom. The number of anilines is 1. The first-order chi connectivity index (χ1) is 4.83. The van der Waals surface area contributed by atoms with Crippen molar-refractivity contribution in [2.75, 3.05) is 5.32 Å². The Kier molecular flexibility index (Phi) is 3.02. The van der Waals surface area contributed by atoms with Crippen molar-refractivity contribution in [1.29, 1.82) is 0 Å². The van der Waals surface area contributed by atoms with Crippen LogP contribution in [0.4, 0.5) is 5.13 Å². The zero-order valence-electron chi connectivity index (χ0n) is 5.74. The Labute approximate surface area is 70.1 Å². The van der Waals surface area contributed by atoms with Crippen LogP contribution in [0.2, 0.25) is 0 Å². The first kappa shape index (κ1) is 7.88. The van der Waals surface area contributed by atoms with E-state index in [1.165, 1.54) is 0 Å². The van der Waals surface area contributed by atoms with E-state index in [-0.39, 0.29) is 5.37 Å². The lowest BCUT2D eigenvalue weighted by Crippen LogP contribution is -2.09. The minimum atomic E-state index is 0.228. The van der Waals surface area contributed by atoms with Crippen molar-refractivity contribution >= 4 is 29.1 Å². The first-order valence-corrected chi connectivity index (χ1v) is 4.56. The first-order valence-electron chi connectivity index (χ1n) is 3.17. The molecule has 1 aromatic heterocycles. The maximum Gasteiger partial charge on any atom is 0.183 e. The molecule has 0 aliphatic heterocycles. The molecule has 0 saturated heterocycles. The molecule has 1 rings (SSSR count). The van der Waals surface area contributed by atoms with Crippen molar-refractivity contribution in [1.82, 2.24) is 4.98 Å². The number of aromatic nitrogens is 1. The molecule has 0 radical (unpaired) electrons. The summed E-state index contributed by atoms with van der Waals surface area (Å²) in [7, 11) is 0. The number of nitrogens with zero attached hydrogens (tertiary/aromatic N) is 1. The second-order valence-electron chi connectivity index (χ2n) is 1.91. The van der Waals surface area contributed by atoms with Crippen molar-refractivity contribution in [2.24, 2.45) is 0 Å². The van der Waals surface area contributed by atoms with Crippen LogP contribution in [0.5, 0.6) is 0 Å². The van der Waals surface area contributed by atoms with E-state index in [1.807, 2.05) is 5.38 Å². The summed E-state index contributed by atoms with van der Waals surface area (Å²) in [5, 5.41) is 6.26. The van der Waals surface area contributed by atoms with E-state index in [0.717, 1.165) is 11.6 Å². The van der Waals surface area contributed by atoms with Gasteiger partial charge in [0.1, 0.15) is 0 Å². The zero-order valence-corrected chi connectivity index (χ0v) is 7.45. The molecule has 0 aliphatic rings. The maximum atomic E-state index is 4.27. The van der Waals surface area contributed by atoms with Gasteiger partial charge in [0.2, 0.25) is 0 Å². The molecule has 1 atom stereocenters. The smallest absolute Gasteiger partial charge is 0.183 e. The maximum absolute atomic E-state index is 4.27. The summed E-state index contributed by atoms with van der Waals surface area (Å²) in [6.07, 6.45) is 2.78. The van der Waals surface area contributed by atoms with Gasteiger partial charge in [-0.1, -0.05) is 6.92 Å². The standard InChI is InChI=1S/C6H10N2S2/c1-2-5(9)8-6-7-3-4-10-6/h3-5,9H,2H2,1H3,(H,7,8). The Morgan fingerprint density at radius 3 is 3.20 bits per heavy atom. The summed E-state index contributed by atoms with van der Waals surface area (Å²) in [5.74, 6) is 0. The molecule has 0 aromatic carbocycles. The van der Waals surface area contributed by atoms with Gasteiger partial charge in [0.15, 0.2) is 5.13 Å². The largest absolute Gasteiger partial charge is 0.350 e. The van der Waals surface area contributed by atoms with E-state index in [4.69, 9.17) is 0 Å². The summed E-state index contributed by atoms with van der Waals surface area (Å²) >= 11 is 5.87. The topological polar surface area (TPSA) is 24.9 Å². The SMILES string of the molecule is CCC(S)Nc1nccs1. The van der Waals surface area contributed by atoms with Gasteiger partial charge < -0.3 is 5.32 Å². The fourth-order valence-electron chi connectivity index (χ4n) is 0.539. The van der Waals surface area contributed by atoms with Gasteiger partial charge in [-0.15, -0.1) is 11.3 Å². The summed E-state index contributed by atoms with van der Waals surface area (Å²) in [6.45, 7) is 2.08. The van der Waals surface area contributed by atoms with Crippen molar-refractivity contribution in [3.63, 3.8) is 0 Å². The van der Waals surface area contributed by atoms with E-state index in [2.05, 4.69) is 29.9 Å². The zero-order chi connectivity index (χ0) is 7.40. The van der Waals surface area contributed by atoms with Gasteiger partial charge in [-0.3, -0.25) is 0 Å².